The molecule has 0 aromatic rings. The highest BCUT2D eigenvalue weighted by molar-refractivity contribution is 7.92. The maximum absolute atomic E-state index is 11.9. The lowest BCUT2D eigenvalue weighted by Crippen LogP contribution is -2.41. The fourth-order valence-corrected chi connectivity index (χ4v) is 3.48. The minimum Gasteiger partial charge on any atom is -0.341 e. The van der Waals surface area contributed by atoms with Crippen molar-refractivity contribution < 1.29 is 13.2 Å². The van der Waals surface area contributed by atoms with Crippen LogP contribution in [-0.4, -0.2) is 56.9 Å². The van der Waals surface area contributed by atoms with E-state index in [9.17, 15) is 13.2 Å². The van der Waals surface area contributed by atoms with Crippen LogP contribution >= 0.6 is 12.4 Å². The van der Waals surface area contributed by atoms with E-state index in [4.69, 9.17) is 0 Å². The molecule has 1 N–H and O–H groups in total. The molecule has 1 heterocycles. The van der Waals surface area contributed by atoms with Crippen molar-refractivity contribution >= 4 is 28.2 Å². The van der Waals surface area contributed by atoms with Crippen molar-refractivity contribution in [2.75, 3.05) is 31.6 Å². The van der Waals surface area contributed by atoms with Crippen molar-refractivity contribution in [2.24, 2.45) is 0 Å². The normalized spacial score (nSPS) is 18.9. The van der Waals surface area contributed by atoms with Gasteiger partial charge in [-0.3, -0.25) is 4.79 Å². The second-order valence-electron chi connectivity index (χ2n) is 4.95. The van der Waals surface area contributed by atoms with Gasteiger partial charge in [-0.05, 0) is 19.4 Å². The van der Waals surface area contributed by atoms with Gasteiger partial charge in [0.25, 0.3) is 0 Å². The molecule has 0 radical (unpaired) electrons. The number of rotatable bonds is 7. The monoisotopic (exact) mass is 312 g/mol. The quantitative estimate of drug-likeness (QED) is 0.707. The maximum Gasteiger partial charge on any atom is 0.237 e. The minimum atomic E-state index is -3.24. The molecule has 1 rings (SSSR count). The van der Waals surface area contributed by atoms with Gasteiger partial charge in [0.1, 0.15) is 5.75 Å². The molecule has 0 aromatic carbocycles. The Bertz CT molecular complexity index is 367. The van der Waals surface area contributed by atoms with E-state index in [-0.39, 0.29) is 35.9 Å². The second-order valence-corrected chi connectivity index (χ2v) is 7.13. The standard InChI is InChI=1S/C12H24N2O3S.ClH/c1-3-4-5-8-18(16,17)10-12(15)14(2)11-6-7-13-9-11;/h11,13H,3-10H2,1-2H3;1H. The van der Waals surface area contributed by atoms with E-state index in [0.29, 0.717) is 6.42 Å². The van der Waals surface area contributed by atoms with E-state index in [0.717, 1.165) is 32.4 Å². The van der Waals surface area contributed by atoms with Gasteiger partial charge in [-0.25, -0.2) is 8.42 Å². The molecule has 1 atom stereocenters. The number of likely N-dealkylation sites (N-methyl/N-ethyl adjacent to an activating group) is 1. The third kappa shape index (κ3) is 6.58. The molecular formula is C12H25ClN2O3S. The zero-order valence-electron chi connectivity index (χ0n) is 11.7. The molecule has 1 fully saturated rings. The van der Waals surface area contributed by atoms with Crippen LogP contribution in [-0.2, 0) is 14.6 Å². The highest BCUT2D eigenvalue weighted by Crippen LogP contribution is 2.08. The summed E-state index contributed by atoms with van der Waals surface area (Å²) in [7, 11) is -1.54. The second kappa shape index (κ2) is 8.76. The number of nitrogens with zero attached hydrogens (tertiary/aromatic N) is 1. The van der Waals surface area contributed by atoms with Crippen LogP contribution in [0.25, 0.3) is 0 Å². The molecule has 1 aliphatic heterocycles. The SMILES string of the molecule is CCCCCS(=O)(=O)CC(=O)N(C)C1CCNC1.Cl. The first kappa shape index (κ1) is 18.7. The zero-order valence-corrected chi connectivity index (χ0v) is 13.4. The Morgan fingerprint density at radius 2 is 2.05 bits per heavy atom. The average molecular weight is 313 g/mol. The molecular weight excluding hydrogens is 288 g/mol. The van der Waals surface area contributed by atoms with E-state index in [1.807, 2.05) is 6.92 Å². The number of sulfone groups is 1. The summed E-state index contributed by atoms with van der Waals surface area (Å²) in [4.78, 5) is 13.5. The Hall–Kier alpha value is -0.330. The van der Waals surface area contributed by atoms with Crippen LogP contribution in [0.5, 0.6) is 0 Å². The Labute approximate surface area is 122 Å². The van der Waals surface area contributed by atoms with Crippen molar-refractivity contribution in [3.8, 4) is 0 Å². The minimum absolute atomic E-state index is 0. The topological polar surface area (TPSA) is 66.5 Å². The van der Waals surface area contributed by atoms with Crippen molar-refractivity contribution in [2.45, 2.75) is 38.6 Å². The lowest BCUT2D eigenvalue weighted by atomic mass is 10.2. The Balaban J connectivity index is 0.00000324. The van der Waals surface area contributed by atoms with E-state index >= 15 is 0 Å². The van der Waals surface area contributed by atoms with Gasteiger partial charge in [0.2, 0.25) is 5.91 Å². The molecule has 114 valence electrons. The van der Waals surface area contributed by atoms with Gasteiger partial charge < -0.3 is 10.2 Å². The van der Waals surface area contributed by atoms with Crippen LogP contribution < -0.4 is 5.32 Å². The van der Waals surface area contributed by atoms with Crippen LogP contribution in [0.2, 0.25) is 0 Å². The van der Waals surface area contributed by atoms with Gasteiger partial charge in [0.05, 0.1) is 5.75 Å². The van der Waals surface area contributed by atoms with Crippen LogP contribution in [0.15, 0.2) is 0 Å². The maximum atomic E-state index is 11.9. The Kier molecular flexibility index (Phi) is 8.61. The van der Waals surface area contributed by atoms with Gasteiger partial charge in [-0.2, -0.15) is 0 Å². The van der Waals surface area contributed by atoms with Crippen LogP contribution in [0, 0.1) is 0 Å². The van der Waals surface area contributed by atoms with Crippen molar-refractivity contribution in [3.05, 3.63) is 0 Å². The fraction of sp³-hybridized carbons (Fsp3) is 0.917. The molecule has 1 aliphatic rings. The van der Waals surface area contributed by atoms with E-state index < -0.39 is 9.84 Å². The molecule has 0 bridgehead atoms. The van der Waals surface area contributed by atoms with E-state index in [2.05, 4.69) is 5.32 Å². The summed E-state index contributed by atoms with van der Waals surface area (Å²) in [5, 5.41) is 3.17. The number of carbonyl (C=O) groups excluding carboxylic acids is 1. The predicted molar refractivity (Wildman–Crippen MR) is 79.5 cm³/mol. The Morgan fingerprint density at radius 3 is 2.58 bits per heavy atom. The summed E-state index contributed by atoms with van der Waals surface area (Å²) >= 11 is 0. The van der Waals surface area contributed by atoms with E-state index in [1.54, 1.807) is 11.9 Å². The first-order chi connectivity index (χ1) is 8.46. The van der Waals surface area contributed by atoms with E-state index in [1.165, 1.54) is 0 Å². The molecule has 0 aromatic heterocycles. The van der Waals surface area contributed by atoms with Crippen LogP contribution in [0.4, 0.5) is 0 Å². The molecule has 7 heteroatoms. The molecule has 0 saturated carbocycles. The summed E-state index contributed by atoms with van der Waals surface area (Å²) in [6, 6.07) is 0.142. The van der Waals surface area contributed by atoms with Crippen molar-refractivity contribution in [1.29, 1.82) is 0 Å². The summed E-state index contributed by atoms with van der Waals surface area (Å²) in [5.74, 6) is -0.493. The highest BCUT2D eigenvalue weighted by Gasteiger charge is 2.26. The summed E-state index contributed by atoms with van der Waals surface area (Å²) in [6.45, 7) is 3.68. The lowest BCUT2D eigenvalue weighted by molar-refractivity contribution is -0.128. The molecule has 1 saturated heterocycles. The van der Waals surface area contributed by atoms with Gasteiger partial charge in [0.15, 0.2) is 9.84 Å². The van der Waals surface area contributed by atoms with Crippen molar-refractivity contribution in [3.63, 3.8) is 0 Å². The molecule has 1 unspecified atom stereocenters. The molecule has 0 aliphatic carbocycles. The Morgan fingerprint density at radius 1 is 1.37 bits per heavy atom. The van der Waals surface area contributed by atoms with Crippen molar-refractivity contribution in [1.82, 2.24) is 10.2 Å². The summed E-state index contributed by atoms with van der Waals surface area (Å²) < 4.78 is 23.5. The number of nitrogens with one attached hydrogen (secondary N) is 1. The molecule has 19 heavy (non-hydrogen) atoms. The number of hydrogen-bond donors (Lipinski definition) is 1. The number of unbranched alkanes of at least 4 members (excludes halogenated alkanes) is 2. The first-order valence-corrected chi connectivity index (χ1v) is 8.45. The first-order valence-electron chi connectivity index (χ1n) is 6.63. The van der Waals surface area contributed by atoms with Gasteiger partial charge in [-0.1, -0.05) is 19.8 Å². The number of hydrogen-bond acceptors (Lipinski definition) is 4. The van der Waals surface area contributed by atoms with Gasteiger partial charge in [-0.15, -0.1) is 12.4 Å². The zero-order chi connectivity index (χ0) is 13.6. The fourth-order valence-electron chi connectivity index (χ4n) is 2.11. The summed E-state index contributed by atoms with van der Waals surface area (Å²) in [5.41, 5.74) is 0. The third-order valence-corrected chi connectivity index (χ3v) is 4.98. The number of amides is 1. The number of carbonyl (C=O) groups is 1. The number of halogens is 1. The third-order valence-electron chi connectivity index (χ3n) is 3.38. The molecule has 1 amide bonds. The van der Waals surface area contributed by atoms with Crippen LogP contribution in [0.1, 0.15) is 32.6 Å². The smallest absolute Gasteiger partial charge is 0.237 e. The van der Waals surface area contributed by atoms with Gasteiger partial charge >= 0.3 is 0 Å². The summed E-state index contributed by atoms with van der Waals surface area (Å²) in [6.07, 6.45) is 3.44. The largest absolute Gasteiger partial charge is 0.341 e. The molecule has 0 spiro atoms. The average Bonchev–Trinajstić information content (AvgIpc) is 2.80. The predicted octanol–water partition coefficient (Wildman–Crippen LogP) is 0.833. The molecule has 5 nitrogen and oxygen atoms in total. The van der Waals surface area contributed by atoms with Gasteiger partial charge in [0, 0.05) is 19.6 Å². The lowest BCUT2D eigenvalue weighted by Gasteiger charge is -2.23. The highest BCUT2D eigenvalue weighted by atomic mass is 35.5. The van der Waals surface area contributed by atoms with Crippen LogP contribution in [0.3, 0.4) is 0 Å².